The van der Waals surface area contributed by atoms with Crippen LogP contribution in [0.1, 0.15) is 0 Å². The third-order valence-electron chi connectivity index (χ3n) is 1.38. The zero-order valence-electron chi connectivity index (χ0n) is 6.71. The molecule has 4 heteroatoms. The molecule has 0 N–H and O–H groups in total. The summed E-state index contributed by atoms with van der Waals surface area (Å²) in [6.45, 7) is 0. The summed E-state index contributed by atoms with van der Waals surface area (Å²) < 4.78 is 5.28. The number of hydrogen-bond acceptors (Lipinski definition) is 4. The molecule has 4 nitrogen and oxygen atoms in total. The quantitative estimate of drug-likeness (QED) is 0.688. The zero-order chi connectivity index (χ0) is 8.93. The van der Waals surface area contributed by atoms with E-state index >= 15 is 0 Å². The molecule has 2 rings (SSSR count). The lowest BCUT2D eigenvalue weighted by Gasteiger charge is -2.00. The van der Waals surface area contributed by atoms with E-state index in [9.17, 15) is 0 Å². The highest BCUT2D eigenvalue weighted by atomic mass is 16.5. The summed E-state index contributed by atoms with van der Waals surface area (Å²) in [5.41, 5.74) is 0. The zero-order valence-corrected chi connectivity index (χ0v) is 6.71. The average molecular weight is 172 g/mol. The van der Waals surface area contributed by atoms with Gasteiger partial charge in [0, 0.05) is 0 Å². The maximum absolute atomic E-state index is 5.28. The highest BCUT2D eigenvalue weighted by Crippen LogP contribution is 2.14. The first kappa shape index (κ1) is 7.67. The van der Waals surface area contributed by atoms with E-state index in [0.29, 0.717) is 5.75 Å². The molecule has 2 aromatic rings. The maximum Gasteiger partial charge on any atom is 0.325 e. The molecule has 0 saturated carbocycles. The Kier molecular flexibility index (Phi) is 2.14. The largest absolute Gasteiger partial charge is 0.424 e. The summed E-state index contributed by atoms with van der Waals surface area (Å²) in [5, 5.41) is 0. The van der Waals surface area contributed by atoms with Crippen LogP contribution in [0.3, 0.4) is 0 Å². The third kappa shape index (κ3) is 1.99. The molecule has 1 heterocycles. The van der Waals surface area contributed by atoms with Gasteiger partial charge in [-0.15, -0.1) is 0 Å². The molecule has 1 aromatic carbocycles. The highest BCUT2D eigenvalue weighted by molar-refractivity contribution is 5.23. The summed E-state index contributed by atoms with van der Waals surface area (Å²) in [5.74, 6) is 0.696. The van der Waals surface area contributed by atoms with Gasteiger partial charge in [-0.2, -0.15) is 9.97 Å². The molecule has 0 unspecified atom stereocenters. The Bertz CT molecular complexity index is 326. The van der Waals surface area contributed by atoms with E-state index in [-0.39, 0.29) is 6.01 Å². The second-order valence-corrected chi connectivity index (χ2v) is 2.28. The molecular weight excluding hydrogens is 166 g/mol. The van der Waals surface area contributed by atoms with E-state index in [1.54, 1.807) is 0 Å². The molecule has 1 aromatic heterocycles. The fourth-order valence-electron chi connectivity index (χ4n) is 0.848. The van der Waals surface area contributed by atoms with Crippen LogP contribution in [0.4, 0.5) is 0 Å². The van der Waals surface area contributed by atoms with Crippen molar-refractivity contribution < 1.29 is 4.74 Å². The molecule has 13 heavy (non-hydrogen) atoms. The Morgan fingerprint density at radius 1 is 1.15 bits per heavy atom. The molecule has 0 bridgehead atoms. The van der Waals surface area contributed by atoms with Gasteiger partial charge in [-0.05, 0) is 12.1 Å². The molecule has 0 spiro atoms. The van der Waals surface area contributed by atoms with E-state index in [0.717, 1.165) is 0 Å². The standard InChI is InChI=1S/C9H6N3O/c1-2-4-8(5-3-1)13-9-11-6-10-7-12-9/h1-6H. The molecule has 0 fully saturated rings. The summed E-state index contributed by atoms with van der Waals surface area (Å²) in [7, 11) is 0. The predicted octanol–water partition coefficient (Wildman–Crippen LogP) is 1.46. The van der Waals surface area contributed by atoms with Crippen molar-refractivity contribution in [3.8, 4) is 11.8 Å². The minimum Gasteiger partial charge on any atom is -0.424 e. The number of benzene rings is 1. The second-order valence-electron chi connectivity index (χ2n) is 2.28. The highest BCUT2D eigenvalue weighted by Gasteiger charge is 1.96. The Balaban J connectivity index is 2.16. The number of hydrogen-bond donors (Lipinski definition) is 0. The Morgan fingerprint density at radius 3 is 2.69 bits per heavy atom. The van der Waals surface area contributed by atoms with Crippen molar-refractivity contribution in [3.05, 3.63) is 43.0 Å². The fourth-order valence-corrected chi connectivity index (χ4v) is 0.848. The minimum atomic E-state index is 0.251. The first-order chi connectivity index (χ1) is 6.45. The SMILES string of the molecule is [c]1ncnc(Oc2ccccc2)n1. The molecule has 1 radical (unpaired) electrons. The van der Waals surface area contributed by atoms with Crippen molar-refractivity contribution in [3.63, 3.8) is 0 Å². The lowest BCUT2D eigenvalue weighted by atomic mass is 10.3. The van der Waals surface area contributed by atoms with Crippen molar-refractivity contribution >= 4 is 0 Å². The van der Waals surface area contributed by atoms with Crippen LogP contribution >= 0.6 is 0 Å². The lowest BCUT2D eigenvalue weighted by molar-refractivity contribution is 0.438. The van der Waals surface area contributed by atoms with Crippen LogP contribution in [0.5, 0.6) is 11.8 Å². The van der Waals surface area contributed by atoms with Gasteiger partial charge < -0.3 is 4.74 Å². The van der Waals surface area contributed by atoms with Crippen LogP contribution in [-0.4, -0.2) is 15.0 Å². The maximum atomic E-state index is 5.28. The summed E-state index contributed by atoms with van der Waals surface area (Å²) in [4.78, 5) is 11.1. The van der Waals surface area contributed by atoms with Gasteiger partial charge in [0.15, 0.2) is 0 Å². The molecule has 0 atom stereocenters. The minimum absolute atomic E-state index is 0.251. The van der Waals surface area contributed by atoms with Gasteiger partial charge in [0.25, 0.3) is 0 Å². The molecular formula is C9H6N3O. The van der Waals surface area contributed by atoms with Crippen LogP contribution < -0.4 is 4.74 Å². The van der Waals surface area contributed by atoms with Crippen LogP contribution in [-0.2, 0) is 0 Å². The first-order valence-corrected chi connectivity index (χ1v) is 3.73. The van der Waals surface area contributed by atoms with Gasteiger partial charge in [0.05, 0.1) is 0 Å². The van der Waals surface area contributed by atoms with Crippen molar-refractivity contribution in [2.24, 2.45) is 0 Å². The normalized spacial score (nSPS) is 9.54. The summed E-state index contributed by atoms with van der Waals surface area (Å²) in [6, 6.07) is 9.56. The monoisotopic (exact) mass is 172 g/mol. The Hall–Kier alpha value is -1.97. The average Bonchev–Trinajstić information content (AvgIpc) is 2.21. The van der Waals surface area contributed by atoms with E-state index in [2.05, 4.69) is 21.3 Å². The first-order valence-electron chi connectivity index (χ1n) is 3.73. The van der Waals surface area contributed by atoms with E-state index < -0.39 is 0 Å². The van der Waals surface area contributed by atoms with Crippen LogP contribution in [0, 0.1) is 6.33 Å². The smallest absolute Gasteiger partial charge is 0.325 e. The van der Waals surface area contributed by atoms with Gasteiger partial charge in [-0.3, -0.25) is 0 Å². The fraction of sp³-hybridized carbons (Fsp3) is 0. The number of nitrogens with zero attached hydrogens (tertiary/aromatic N) is 3. The topological polar surface area (TPSA) is 47.9 Å². The van der Waals surface area contributed by atoms with Crippen molar-refractivity contribution in [2.45, 2.75) is 0 Å². The number of rotatable bonds is 2. The number of aromatic nitrogens is 3. The van der Waals surface area contributed by atoms with E-state index in [1.807, 2.05) is 30.3 Å². The van der Waals surface area contributed by atoms with E-state index in [1.165, 1.54) is 6.33 Å². The molecule has 63 valence electrons. The van der Waals surface area contributed by atoms with Gasteiger partial charge in [-0.1, -0.05) is 18.2 Å². The number of ether oxygens (including phenoxy) is 1. The predicted molar refractivity (Wildman–Crippen MR) is 45.2 cm³/mol. The Morgan fingerprint density at radius 2 is 2.00 bits per heavy atom. The molecule has 0 aliphatic carbocycles. The van der Waals surface area contributed by atoms with Gasteiger partial charge in [0.2, 0.25) is 6.33 Å². The van der Waals surface area contributed by atoms with E-state index in [4.69, 9.17) is 4.74 Å². The lowest BCUT2D eigenvalue weighted by Crippen LogP contribution is -1.91. The van der Waals surface area contributed by atoms with Crippen LogP contribution in [0.25, 0.3) is 0 Å². The van der Waals surface area contributed by atoms with Crippen molar-refractivity contribution in [1.82, 2.24) is 15.0 Å². The molecule has 0 saturated heterocycles. The molecule has 0 aliphatic rings. The van der Waals surface area contributed by atoms with Crippen molar-refractivity contribution in [1.29, 1.82) is 0 Å². The van der Waals surface area contributed by atoms with Crippen LogP contribution in [0.2, 0.25) is 0 Å². The van der Waals surface area contributed by atoms with Gasteiger partial charge >= 0.3 is 6.01 Å². The summed E-state index contributed by atoms with van der Waals surface area (Å²) >= 11 is 0. The summed E-state index contributed by atoms with van der Waals surface area (Å²) in [6.07, 6.45) is 3.73. The Labute approximate surface area is 75.3 Å². The number of para-hydroxylation sites is 1. The molecule has 0 aliphatic heterocycles. The van der Waals surface area contributed by atoms with Crippen LogP contribution in [0.15, 0.2) is 36.7 Å². The third-order valence-corrected chi connectivity index (χ3v) is 1.38. The van der Waals surface area contributed by atoms with Crippen molar-refractivity contribution in [2.75, 3.05) is 0 Å². The second kappa shape index (κ2) is 3.62. The van der Waals surface area contributed by atoms with Gasteiger partial charge in [-0.25, -0.2) is 4.98 Å². The van der Waals surface area contributed by atoms with Gasteiger partial charge in [0.1, 0.15) is 12.1 Å². The molecule has 0 amide bonds.